The Bertz CT molecular complexity index is 385. The van der Waals surface area contributed by atoms with Crippen LogP contribution in [0.3, 0.4) is 0 Å². The van der Waals surface area contributed by atoms with Crippen molar-refractivity contribution in [1.82, 2.24) is 5.32 Å². The molecule has 1 rings (SSSR count). The van der Waals surface area contributed by atoms with Gasteiger partial charge in [-0.15, -0.1) is 0 Å². The van der Waals surface area contributed by atoms with Crippen molar-refractivity contribution in [2.75, 3.05) is 13.7 Å². The molecule has 0 radical (unpaired) electrons. The Morgan fingerprint density at radius 1 is 1.40 bits per heavy atom. The van der Waals surface area contributed by atoms with Crippen LogP contribution in [0.2, 0.25) is 0 Å². The molecular weight excluding hydrogens is 447 g/mol. The van der Waals surface area contributed by atoms with Gasteiger partial charge in [0.15, 0.2) is 0 Å². The van der Waals surface area contributed by atoms with Gasteiger partial charge >= 0.3 is 138 Å². The molecule has 20 heavy (non-hydrogen) atoms. The molecule has 1 fully saturated rings. The molecule has 1 N–H and O–H groups in total. The molecule has 3 unspecified atom stereocenters. The Morgan fingerprint density at radius 2 is 2.00 bits per heavy atom. The van der Waals surface area contributed by atoms with E-state index < -0.39 is 10.8 Å². The maximum absolute atomic E-state index is 12.4. The quantitative estimate of drug-likeness (QED) is 0.620. The van der Waals surface area contributed by atoms with Gasteiger partial charge < -0.3 is 0 Å². The van der Waals surface area contributed by atoms with Gasteiger partial charge in [0.05, 0.1) is 0 Å². The van der Waals surface area contributed by atoms with Crippen molar-refractivity contribution in [1.29, 1.82) is 0 Å². The molecule has 1 aliphatic carbocycles. The van der Waals surface area contributed by atoms with Crippen molar-refractivity contribution in [2.24, 2.45) is 16.7 Å². The third-order valence-corrected chi connectivity index (χ3v) is 6.11. The number of hydrogen-bond donors (Lipinski definition) is 1. The Hall–Kier alpha value is -0.165. The predicted molar refractivity (Wildman–Crippen MR) is 70.2 cm³/mol. The van der Waals surface area contributed by atoms with Gasteiger partial charge in [0.25, 0.3) is 0 Å². The van der Waals surface area contributed by atoms with Crippen LogP contribution >= 0.6 is 0 Å². The van der Waals surface area contributed by atoms with Crippen molar-refractivity contribution < 1.29 is 43.5 Å². The first kappa shape index (κ1) is 17.9. The second-order valence-corrected chi connectivity index (χ2v) is 7.49. The van der Waals surface area contributed by atoms with Crippen LogP contribution in [0.25, 0.3) is 0 Å². The van der Waals surface area contributed by atoms with E-state index in [1.54, 1.807) is 7.11 Å². The molecule has 0 bridgehead atoms. The van der Waals surface area contributed by atoms with Gasteiger partial charge in [-0.1, -0.05) is 0 Å². The second kappa shape index (κ2) is 6.73. The molecule has 111 valence electrons. The average molecular weight is 471 g/mol. The summed E-state index contributed by atoms with van der Waals surface area (Å²) in [5.41, 5.74) is -0.965. The zero-order valence-corrected chi connectivity index (χ0v) is 18.6. The van der Waals surface area contributed by atoms with Gasteiger partial charge in [-0.2, -0.15) is 0 Å². The Labute approximate surface area is 137 Å². The van der Waals surface area contributed by atoms with Crippen LogP contribution in [0.1, 0.15) is 40.5 Å². The summed E-state index contributed by atoms with van der Waals surface area (Å²) in [5.74, 6) is -0.302. The van der Waals surface area contributed by atoms with E-state index in [1.807, 2.05) is 27.7 Å². The molecule has 1 saturated carbocycles. The normalized spacial score (nSPS) is 29.9. The van der Waals surface area contributed by atoms with Crippen molar-refractivity contribution >= 4 is 11.9 Å². The molecule has 1 amide bonds. The Morgan fingerprint density at radius 3 is 2.50 bits per heavy atom. The summed E-state index contributed by atoms with van der Waals surface area (Å²) < 4.78 is 10.2. The first-order chi connectivity index (χ1) is 9.20. The molecule has 0 aliphatic heterocycles. The Balaban J connectivity index is 2.79. The minimum atomic E-state index is -0.566. The van der Waals surface area contributed by atoms with Crippen LogP contribution in [0, 0.1) is 16.7 Å². The molecular formula is C14H24HgNO4. The molecule has 0 aromatic rings. The Kier molecular flexibility index (Phi) is 6.02. The fourth-order valence-electron chi connectivity index (χ4n) is 2.93. The number of carbonyl (C=O) groups is 2. The maximum atomic E-state index is 12.4. The third-order valence-electron chi connectivity index (χ3n) is 5.09. The van der Waals surface area contributed by atoms with E-state index in [9.17, 15) is 9.59 Å². The zero-order valence-electron chi connectivity index (χ0n) is 13.1. The van der Waals surface area contributed by atoms with Gasteiger partial charge in [0, 0.05) is 0 Å². The fourth-order valence-corrected chi connectivity index (χ4v) is 4.17. The number of nitrogens with one attached hydrogen (secondary N) is 1. The molecule has 0 spiro atoms. The summed E-state index contributed by atoms with van der Waals surface area (Å²) in [4.78, 5) is 24.5. The molecule has 0 aromatic heterocycles. The minimum absolute atomic E-state index is 0.00803. The van der Waals surface area contributed by atoms with E-state index in [0.29, 0.717) is 13.0 Å². The van der Waals surface area contributed by atoms with Gasteiger partial charge in [-0.25, -0.2) is 0 Å². The number of amides is 1. The molecule has 0 saturated heterocycles. The van der Waals surface area contributed by atoms with E-state index in [1.165, 1.54) is 0 Å². The van der Waals surface area contributed by atoms with Crippen LogP contribution in [0.5, 0.6) is 0 Å². The average Bonchev–Trinajstić information content (AvgIpc) is 2.66. The number of methoxy groups -OCH3 is 1. The van der Waals surface area contributed by atoms with Crippen molar-refractivity contribution in [3.8, 4) is 0 Å². The van der Waals surface area contributed by atoms with Crippen LogP contribution in [-0.2, 0) is 43.5 Å². The fraction of sp³-hybridized carbons (Fsp3) is 0.857. The predicted octanol–water partition coefficient (Wildman–Crippen LogP) is 1.58. The molecule has 6 heteroatoms. The van der Waals surface area contributed by atoms with Crippen molar-refractivity contribution in [2.45, 2.75) is 46.6 Å². The summed E-state index contributed by atoms with van der Waals surface area (Å²) in [6, 6.07) is 0. The number of carbonyl (C=O) groups excluding carboxylic acids is 2. The van der Waals surface area contributed by atoms with Crippen LogP contribution < -0.4 is 5.32 Å². The third kappa shape index (κ3) is 3.19. The topological polar surface area (TPSA) is 64.6 Å². The number of ether oxygens (including phenoxy) is 1. The zero-order chi connectivity index (χ0) is 15.6. The van der Waals surface area contributed by atoms with E-state index >= 15 is 0 Å². The summed E-state index contributed by atoms with van der Waals surface area (Å²) in [7, 11) is 1.62. The SMILES string of the molecule is COC(C)CNC(=O)C1CCC(C)(C(=O)[O][Hg])C1(C)C. The molecule has 3 atom stereocenters. The van der Waals surface area contributed by atoms with Crippen LogP contribution in [0.15, 0.2) is 0 Å². The molecule has 0 aromatic carbocycles. The van der Waals surface area contributed by atoms with Gasteiger partial charge in [0.2, 0.25) is 0 Å². The molecule has 1 aliphatic rings. The van der Waals surface area contributed by atoms with Crippen LogP contribution in [-0.4, -0.2) is 31.6 Å². The van der Waals surface area contributed by atoms with Crippen LogP contribution in [0.4, 0.5) is 0 Å². The first-order valence-electron chi connectivity index (χ1n) is 6.97. The van der Waals surface area contributed by atoms with E-state index in [-0.39, 0.29) is 50.5 Å². The summed E-state index contributed by atoms with van der Waals surface area (Å²) >= 11 is -0.0113. The van der Waals surface area contributed by atoms with E-state index in [2.05, 4.69) is 5.32 Å². The number of hydrogen-bond acceptors (Lipinski definition) is 4. The van der Waals surface area contributed by atoms with Gasteiger partial charge in [-0.05, 0) is 0 Å². The van der Waals surface area contributed by atoms with Gasteiger partial charge in [-0.3, -0.25) is 0 Å². The van der Waals surface area contributed by atoms with E-state index in [0.717, 1.165) is 6.42 Å². The number of rotatable bonds is 5. The molecule has 5 nitrogen and oxygen atoms in total. The van der Waals surface area contributed by atoms with Crippen molar-refractivity contribution in [3.05, 3.63) is 0 Å². The van der Waals surface area contributed by atoms with Crippen molar-refractivity contribution in [3.63, 3.8) is 0 Å². The summed E-state index contributed by atoms with van der Waals surface area (Å²) in [5, 5.41) is 2.92. The standard InChI is InChI=1S/C14H25NO4.Hg/c1-9(19-5)8-15-11(16)10-6-7-14(4,12(17)18)13(10,2)3;/h9-10H,6-8H2,1-5H3,(H,15,16)(H,17,18);/q;+1/p-1. The summed E-state index contributed by atoms with van der Waals surface area (Å²) in [6.07, 6.45) is 1.41. The molecule has 0 heterocycles. The second-order valence-electron chi connectivity index (χ2n) is 6.37. The van der Waals surface area contributed by atoms with Gasteiger partial charge in [0.1, 0.15) is 0 Å². The summed E-state index contributed by atoms with van der Waals surface area (Å²) in [6.45, 7) is 8.31. The monoisotopic (exact) mass is 472 g/mol. The van der Waals surface area contributed by atoms with E-state index in [4.69, 9.17) is 7.38 Å². The first-order valence-corrected chi connectivity index (χ1v) is 9.22.